The van der Waals surface area contributed by atoms with Crippen molar-refractivity contribution < 1.29 is 9.53 Å². The summed E-state index contributed by atoms with van der Waals surface area (Å²) >= 11 is 0. The fourth-order valence-electron chi connectivity index (χ4n) is 3.35. The van der Waals surface area contributed by atoms with Crippen LogP contribution in [0, 0.1) is 0 Å². The number of piperidine rings is 1. The predicted octanol–water partition coefficient (Wildman–Crippen LogP) is 3.78. The van der Waals surface area contributed by atoms with Crippen molar-refractivity contribution in [3.05, 3.63) is 59.9 Å². The van der Waals surface area contributed by atoms with E-state index in [9.17, 15) is 4.79 Å². The van der Waals surface area contributed by atoms with Crippen LogP contribution in [0.5, 0.6) is 5.75 Å². The zero-order valence-corrected chi connectivity index (χ0v) is 14.1. The molecule has 1 aromatic heterocycles. The number of ether oxygens (including phenoxy) is 1. The number of carbonyl (C=O) groups is 1. The number of hydrogen-bond donors (Lipinski definition) is 0. The average Bonchev–Trinajstić information content (AvgIpc) is 2.67. The molecule has 0 aliphatic carbocycles. The summed E-state index contributed by atoms with van der Waals surface area (Å²) in [5.41, 5.74) is 2.14. The average molecular weight is 324 g/mol. The summed E-state index contributed by atoms with van der Waals surface area (Å²) in [6.45, 7) is 0.836. The van der Waals surface area contributed by atoms with Gasteiger partial charge < -0.3 is 9.64 Å². The monoisotopic (exact) mass is 324 g/mol. The Kier molecular flexibility index (Phi) is 5.47. The van der Waals surface area contributed by atoms with Crippen molar-refractivity contribution in [1.82, 2.24) is 9.88 Å². The van der Waals surface area contributed by atoms with Crippen molar-refractivity contribution in [2.75, 3.05) is 13.7 Å². The van der Waals surface area contributed by atoms with Gasteiger partial charge in [0, 0.05) is 24.9 Å². The van der Waals surface area contributed by atoms with E-state index in [2.05, 4.69) is 17.1 Å². The second-order valence-corrected chi connectivity index (χ2v) is 6.20. The van der Waals surface area contributed by atoms with Crippen LogP contribution in [0.1, 0.15) is 43.0 Å². The summed E-state index contributed by atoms with van der Waals surface area (Å²) in [6, 6.07) is 14.1. The first kappa shape index (κ1) is 16.5. The minimum absolute atomic E-state index is 0.157. The third kappa shape index (κ3) is 3.94. The molecule has 1 aliphatic heterocycles. The first-order valence-electron chi connectivity index (χ1n) is 8.61. The van der Waals surface area contributed by atoms with E-state index in [1.807, 2.05) is 35.2 Å². The molecule has 4 heteroatoms. The zero-order chi connectivity index (χ0) is 16.8. The molecule has 4 nitrogen and oxygen atoms in total. The van der Waals surface area contributed by atoms with Gasteiger partial charge in [-0.3, -0.25) is 9.78 Å². The fraction of sp³-hybridized carbons (Fsp3) is 0.400. The number of benzene rings is 1. The molecule has 0 spiro atoms. The Balaban J connectivity index is 1.70. The molecule has 2 heterocycles. The maximum atomic E-state index is 12.8. The normalized spacial score (nSPS) is 17.5. The predicted molar refractivity (Wildman–Crippen MR) is 93.9 cm³/mol. The summed E-state index contributed by atoms with van der Waals surface area (Å²) in [4.78, 5) is 19.1. The van der Waals surface area contributed by atoms with Crippen LogP contribution in [0.25, 0.3) is 0 Å². The van der Waals surface area contributed by atoms with E-state index in [0.29, 0.717) is 12.8 Å². The summed E-state index contributed by atoms with van der Waals surface area (Å²) < 4.78 is 5.34. The maximum Gasteiger partial charge on any atom is 0.223 e. The van der Waals surface area contributed by atoms with Crippen LogP contribution < -0.4 is 4.74 Å². The van der Waals surface area contributed by atoms with Gasteiger partial charge in [-0.25, -0.2) is 0 Å². The van der Waals surface area contributed by atoms with Crippen LogP contribution in [0.2, 0.25) is 0 Å². The highest BCUT2D eigenvalue weighted by atomic mass is 16.5. The molecule has 1 amide bonds. The van der Waals surface area contributed by atoms with Crippen LogP contribution in [0.3, 0.4) is 0 Å². The minimum Gasteiger partial charge on any atom is -0.497 e. The number of rotatable bonds is 5. The van der Waals surface area contributed by atoms with Crippen molar-refractivity contribution in [2.24, 2.45) is 0 Å². The van der Waals surface area contributed by atoms with E-state index >= 15 is 0 Å². The molecule has 0 radical (unpaired) electrons. The topological polar surface area (TPSA) is 42.4 Å². The molecule has 1 fully saturated rings. The summed E-state index contributed by atoms with van der Waals surface area (Å²) in [6.07, 6.45) is 6.24. The van der Waals surface area contributed by atoms with Gasteiger partial charge in [0.05, 0.1) is 13.2 Å². The smallest absolute Gasteiger partial charge is 0.223 e. The minimum atomic E-state index is 0.157. The Morgan fingerprint density at radius 3 is 2.96 bits per heavy atom. The van der Waals surface area contributed by atoms with E-state index in [0.717, 1.165) is 37.3 Å². The van der Waals surface area contributed by atoms with E-state index < -0.39 is 0 Å². The maximum absolute atomic E-state index is 12.8. The Morgan fingerprint density at radius 1 is 1.25 bits per heavy atom. The third-order valence-electron chi connectivity index (χ3n) is 4.62. The Labute approximate surface area is 143 Å². The lowest BCUT2D eigenvalue weighted by Gasteiger charge is -2.36. The molecule has 0 bridgehead atoms. The largest absolute Gasteiger partial charge is 0.497 e. The molecule has 0 saturated carbocycles. The standard InChI is InChI=1S/C20H24N2O2/c1-24-18-9-6-7-16(15-18)19-10-3-5-14-22(19)20(23)12-11-17-8-2-4-13-21-17/h2,4,6-9,13,15,19H,3,5,10-12,14H2,1H3. The van der Waals surface area contributed by atoms with Gasteiger partial charge in [0.1, 0.15) is 5.75 Å². The molecule has 0 N–H and O–H groups in total. The third-order valence-corrected chi connectivity index (χ3v) is 4.62. The highest BCUT2D eigenvalue weighted by molar-refractivity contribution is 5.77. The van der Waals surface area contributed by atoms with E-state index in [1.165, 1.54) is 5.56 Å². The molecule has 1 saturated heterocycles. The van der Waals surface area contributed by atoms with E-state index in [4.69, 9.17) is 4.74 Å². The number of pyridine rings is 1. The van der Waals surface area contributed by atoms with Gasteiger partial charge in [-0.2, -0.15) is 0 Å². The molecule has 1 atom stereocenters. The zero-order valence-electron chi connectivity index (χ0n) is 14.1. The van der Waals surface area contributed by atoms with Gasteiger partial charge in [-0.15, -0.1) is 0 Å². The van der Waals surface area contributed by atoms with Gasteiger partial charge in [-0.05, 0) is 55.5 Å². The number of amides is 1. The summed E-state index contributed by atoms with van der Waals surface area (Å²) in [5, 5.41) is 0. The molecule has 3 rings (SSSR count). The lowest BCUT2D eigenvalue weighted by Crippen LogP contribution is -2.38. The number of carbonyl (C=O) groups excluding carboxylic acids is 1. The lowest BCUT2D eigenvalue weighted by atomic mass is 9.94. The van der Waals surface area contributed by atoms with Crippen molar-refractivity contribution in [3.63, 3.8) is 0 Å². The highest BCUT2D eigenvalue weighted by Gasteiger charge is 2.27. The van der Waals surface area contributed by atoms with Crippen LogP contribution in [0.4, 0.5) is 0 Å². The van der Waals surface area contributed by atoms with E-state index in [-0.39, 0.29) is 11.9 Å². The molecule has 126 valence electrons. The lowest BCUT2D eigenvalue weighted by molar-refractivity contribution is -0.135. The molecule has 1 unspecified atom stereocenters. The number of methoxy groups -OCH3 is 1. The van der Waals surface area contributed by atoms with Crippen LogP contribution in [0.15, 0.2) is 48.7 Å². The summed E-state index contributed by atoms with van der Waals surface area (Å²) in [7, 11) is 1.68. The van der Waals surface area contributed by atoms with Crippen molar-refractivity contribution >= 4 is 5.91 Å². The van der Waals surface area contributed by atoms with Crippen molar-refractivity contribution in [3.8, 4) is 5.75 Å². The molecular weight excluding hydrogens is 300 g/mol. The molecule has 24 heavy (non-hydrogen) atoms. The van der Waals surface area contributed by atoms with Crippen LogP contribution >= 0.6 is 0 Å². The quantitative estimate of drug-likeness (QED) is 0.840. The second kappa shape index (κ2) is 7.95. The van der Waals surface area contributed by atoms with Gasteiger partial charge in [0.15, 0.2) is 0 Å². The fourth-order valence-corrected chi connectivity index (χ4v) is 3.35. The Morgan fingerprint density at radius 2 is 2.17 bits per heavy atom. The Bertz CT molecular complexity index is 672. The number of hydrogen-bond acceptors (Lipinski definition) is 3. The van der Waals surface area contributed by atoms with Gasteiger partial charge >= 0.3 is 0 Å². The van der Waals surface area contributed by atoms with Crippen LogP contribution in [-0.2, 0) is 11.2 Å². The second-order valence-electron chi connectivity index (χ2n) is 6.20. The number of nitrogens with zero attached hydrogens (tertiary/aromatic N) is 2. The van der Waals surface area contributed by atoms with Crippen molar-refractivity contribution in [2.45, 2.75) is 38.1 Å². The SMILES string of the molecule is COc1cccc(C2CCCCN2C(=O)CCc2ccccn2)c1. The van der Waals surface area contributed by atoms with Gasteiger partial charge in [0.25, 0.3) is 0 Å². The number of likely N-dealkylation sites (tertiary alicyclic amines) is 1. The van der Waals surface area contributed by atoms with Gasteiger partial charge in [-0.1, -0.05) is 18.2 Å². The molecule has 1 aliphatic rings. The number of aromatic nitrogens is 1. The van der Waals surface area contributed by atoms with Crippen molar-refractivity contribution in [1.29, 1.82) is 0 Å². The first-order chi connectivity index (χ1) is 11.8. The molecular formula is C20H24N2O2. The molecule has 2 aromatic rings. The van der Waals surface area contributed by atoms with Gasteiger partial charge in [0.2, 0.25) is 5.91 Å². The first-order valence-corrected chi connectivity index (χ1v) is 8.61. The highest BCUT2D eigenvalue weighted by Crippen LogP contribution is 2.33. The summed E-state index contributed by atoms with van der Waals surface area (Å²) in [5.74, 6) is 1.06. The van der Waals surface area contributed by atoms with E-state index in [1.54, 1.807) is 13.3 Å². The Hall–Kier alpha value is -2.36. The number of aryl methyl sites for hydroxylation is 1. The van der Waals surface area contributed by atoms with Crippen LogP contribution in [-0.4, -0.2) is 29.4 Å². The molecule has 1 aromatic carbocycles.